The number of amides is 1. The molecule has 26 heavy (non-hydrogen) atoms. The molecule has 0 atom stereocenters. The van der Waals surface area contributed by atoms with Crippen molar-refractivity contribution in [2.75, 3.05) is 13.2 Å². The van der Waals surface area contributed by atoms with Gasteiger partial charge < -0.3 is 14.7 Å². The third-order valence-corrected chi connectivity index (χ3v) is 4.68. The molecule has 1 aliphatic heterocycles. The van der Waals surface area contributed by atoms with Gasteiger partial charge in [0.2, 0.25) is 5.91 Å². The van der Waals surface area contributed by atoms with Crippen molar-refractivity contribution in [3.63, 3.8) is 0 Å². The van der Waals surface area contributed by atoms with Crippen LogP contribution in [0.2, 0.25) is 0 Å². The number of aryl methyl sites for hydroxylation is 1. The number of aromatic carboxylic acids is 1. The van der Waals surface area contributed by atoms with Gasteiger partial charge >= 0.3 is 5.97 Å². The molecule has 5 nitrogen and oxygen atoms in total. The fourth-order valence-corrected chi connectivity index (χ4v) is 3.23. The van der Waals surface area contributed by atoms with Gasteiger partial charge in [0.15, 0.2) is 0 Å². The summed E-state index contributed by atoms with van der Waals surface area (Å²) in [6, 6.07) is 13.0. The number of carboxylic acid groups (broad SMARTS) is 1. The summed E-state index contributed by atoms with van der Waals surface area (Å²) in [5, 5.41) is 9.14. The molecule has 2 aromatic rings. The molecule has 0 aromatic heterocycles. The molecular weight excluding hydrogens is 330 g/mol. The Morgan fingerprint density at radius 1 is 1.12 bits per heavy atom. The number of carbonyl (C=O) groups is 2. The van der Waals surface area contributed by atoms with Crippen molar-refractivity contribution in [3.05, 3.63) is 64.7 Å². The van der Waals surface area contributed by atoms with E-state index in [1.54, 1.807) is 12.1 Å². The monoisotopic (exact) mass is 353 g/mol. The van der Waals surface area contributed by atoms with E-state index in [0.717, 1.165) is 28.9 Å². The van der Waals surface area contributed by atoms with E-state index in [1.807, 2.05) is 42.2 Å². The van der Waals surface area contributed by atoms with Gasteiger partial charge in [-0.2, -0.15) is 0 Å². The lowest BCUT2D eigenvalue weighted by Gasteiger charge is -2.29. The number of carboxylic acids is 1. The molecule has 0 radical (unpaired) electrons. The normalized spacial score (nSPS) is 13.2. The first-order chi connectivity index (χ1) is 12.6. The number of benzene rings is 2. The van der Waals surface area contributed by atoms with E-state index < -0.39 is 5.97 Å². The van der Waals surface area contributed by atoms with Crippen molar-refractivity contribution < 1.29 is 19.4 Å². The van der Waals surface area contributed by atoms with Gasteiger partial charge in [-0.25, -0.2) is 4.79 Å². The summed E-state index contributed by atoms with van der Waals surface area (Å²) in [6.45, 7) is 3.75. The molecular formula is C21H23NO4. The zero-order valence-corrected chi connectivity index (χ0v) is 14.9. The molecule has 0 spiro atoms. The summed E-state index contributed by atoms with van der Waals surface area (Å²) >= 11 is 0. The number of rotatable bonds is 6. The second-order valence-corrected chi connectivity index (χ2v) is 6.43. The fourth-order valence-electron chi connectivity index (χ4n) is 3.23. The van der Waals surface area contributed by atoms with Crippen LogP contribution < -0.4 is 4.74 Å². The molecule has 1 N–H and O–H groups in total. The third-order valence-electron chi connectivity index (χ3n) is 4.68. The van der Waals surface area contributed by atoms with Crippen LogP contribution in [0.5, 0.6) is 5.75 Å². The van der Waals surface area contributed by atoms with Crippen molar-refractivity contribution in [1.29, 1.82) is 0 Å². The maximum Gasteiger partial charge on any atom is 0.335 e. The Balaban J connectivity index is 1.58. The molecule has 136 valence electrons. The predicted molar refractivity (Wildman–Crippen MR) is 98.5 cm³/mol. The number of ether oxygens (including phenoxy) is 1. The Kier molecular flexibility index (Phi) is 5.56. The lowest BCUT2D eigenvalue weighted by Crippen LogP contribution is -2.36. The first kappa shape index (κ1) is 18.0. The van der Waals surface area contributed by atoms with E-state index >= 15 is 0 Å². The molecule has 1 aliphatic rings. The number of fused-ring (bicyclic) bond motifs is 1. The fraction of sp³-hybridized carbons (Fsp3) is 0.333. The van der Waals surface area contributed by atoms with E-state index in [-0.39, 0.29) is 11.5 Å². The van der Waals surface area contributed by atoms with Crippen molar-refractivity contribution in [3.8, 4) is 5.75 Å². The van der Waals surface area contributed by atoms with E-state index in [0.29, 0.717) is 32.5 Å². The van der Waals surface area contributed by atoms with Crippen LogP contribution in [-0.4, -0.2) is 35.0 Å². The smallest absolute Gasteiger partial charge is 0.335 e. The van der Waals surface area contributed by atoms with E-state index in [2.05, 4.69) is 0 Å². The van der Waals surface area contributed by atoms with Crippen LogP contribution >= 0.6 is 0 Å². The zero-order chi connectivity index (χ0) is 18.5. The van der Waals surface area contributed by atoms with Gasteiger partial charge in [0.25, 0.3) is 0 Å². The number of hydrogen-bond acceptors (Lipinski definition) is 3. The number of nitrogens with zero attached hydrogens (tertiary/aromatic N) is 1. The first-order valence-electron chi connectivity index (χ1n) is 8.91. The summed E-state index contributed by atoms with van der Waals surface area (Å²) < 4.78 is 5.42. The number of carbonyl (C=O) groups excluding carboxylic acids is 1. The Labute approximate surface area is 153 Å². The second kappa shape index (κ2) is 8.04. The van der Waals surface area contributed by atoms with Crippen LogP contribution in [0.25, 0.3) is 0 Å². The minimum absolute atomic E-state index is 0.102. The maximum absolute atomic E-state index is 12.6. The lowest BCUT2D eigenvalue weighted by molar-refractivity contribution is -0.132. The summed E-state index contributed by atoms with van der Waals surface area (Å²) in [7, 11) is 0. The van der Waals surface area contributed by atoms with Crippen molar-refractivity contribution in [2.45, 2.75) is 32.7 Å². The minimum atomic E-state index is -0.938. The lowest BCUT2D eigenvalue weighted by atomic mass is 9.97. The molecule has 0 saturated heterocycles. The van der Waals surface area contributed by atoms with Crippen LogP contribution in [0, 0.1) is 0 Å². The van der Waals surface area contributed by atoms with Gasteiger partial charge in [0, 0.05) is 19.5 Å². The SMILES string of the molecule is CCOc1ccc(CCC(=O)N2CCc3ccc(C(=O)O)cc3C2)cc1. The average Bonchev–Trinajstić information content (AvgIpc) is 2.66. The second-order valence-electron chi connectivity index (χ2n) is 6.43. The van der Waals surface area contributed by atoms with Crippen molar-refractivity contribution in [2.24, 2.45) is 0 Å². The van der Waals surface area contributed by atoms with Gasteiger partial charge in [-0.3, -0.25) is 4.79 Å². The topological polar surface area (TPSA) is 66.8 Å². The highest BCUT2D eigenvalue weighted by Crippen LogP contribution is 2.22. The Bertz CT molecular complexity index is 798. The summed E-state index contributed by atoms with van der Waals surface area (Å²) in [6.07, 6.45) is 1.90. The minimum Gasteiger partial charge on any atom is -0.494 e. The van der Waals surface area contributed by atoms with Gasteiger partial charge in [0.1, 0.15) is 5.75 Å². The van der Waals surface area contributed by atoms with E-state index in [9.17, 15) is 9.59 Å². The summed E-state index contributed by atoms with van der Waals surface area (Å²) in [5.74, 6) is 0.00135. The van der Waals surface area contributed by atoms with Crippen LogP contribution in [-0.2, 0) is 24.2 Å². The Morgan fingerprint density at radius 3 is 2.58 bits per heavy atom. The zero-order valence-electron chi connectivity index (χ0n) is 14.9. The van der Waals surface area contributed by atoms with E-state index in [1.165, 1.54) is 0 Å². The molecule has 3 rings (SSSR count). The maximum atomic E-state index is 12.6. The summed E-state index contributed by atoms with van der Waals surface area (Å²) in [5.41, 5.74) is 3.44. The van der Waals surface area contributed by atoms with Crippen LogP contribution in [0.15, 0.2) is 42.5 Å². The molecule has 2 aromatic carbocycles. The van der Waals surface area contributed by atoms with Crippen LogP contribution in [0.3, 0.4) is 0 Å². The highest BCUT2D eigenvalue weighted by atomic mass is 16.5. The Hall–Kier alpha value is -2.82. The first-order valence-corrected chi connectivity index (χ1v) is 8.91. The van der Waals surface area contributed by atoms with Gasteiger partial charge in [-0.15, -0.1) is 0 Å². The Morgan fingerprint density at radius 2 is 1.88 bits per heavy atom. The van der Waals surface area contributed by atoms with E-state index in [4.69, 9.17) is 9.84 Å². The molecule has 5 heteroatoms. The highest BCUT2D eigenvalue weighted by Gasteiger charge is 2.21. The molecule has 1 amide bonds. The molecule has 1 heterocycles. The molecule has 0 saturated carbocycles. The molecule has 0 unspecified atom stereocenters. The van der Waals surface area contributed by atoms with Crippen LogP contribution in [0.4, 0.5) is 0 Å². The average molecular weight is 353 g/mol. The van der Waals surface area contributed by atoms with Gasteiger partial charge in [-0.05, 0) is 60.7 Å². The van der Waals surface area contributed by atoms with Crippen molar-refractivity contribution in [1.82, 2.24) is 4.90 Å². The van der Waals surface area contributed by atoms with Crippen LogP contribution in [0.1, 0.15) is 40.4 Å². The van der Waals surface area contributed by atoms with Gasteiger partial charge in [-0.1, -0.05) is 18.2 Å². The standard InChI is InChI=1S/C21H23NO4/c1-2-26-19-8-3-15(4-9-19)5-10-20(23)22-12-11-16-6-7-17(21(24)25)13-18(16)14-22/h3-4,6-9,13H,2,5,10-12,14H2,1H3,(H,24,25). The largest absolute Gasteiger partial charge is 0.494 e. The molecule has 0 aliphatic carbocycles. The quantitative estimate of drug-likeness (QED) is 0.865. The molecule has 0 fully saturated rings. The van der Waals surface area contributed by atoms with Crippen molar-refractivity contribution >= 4 is 11.9 Å². The highest BCUT2D eigenvalue weighted by molar-refractivity contribution is 5.88. The predicted octanol–water partition coefficient (Wildman–Crippen LogP) is 3.30. The summed E-state index contributed by atoms with van der Waals surface area (Å²) in [4.78, 5) is 25.5. The van der Waals surface area contributed by atoms with Gasteiger partial charge in [0.05, 0.1) is 12.2 Å². The number of hydrogen-bond donors (Lipinski definition) is 1. The third kappa shape index (κ3) is 4.23. The molecule has 0 bridgehead atoms.